The highest BCUT2D eigenvalue weighted by molar-refractivity contribution is 6.30. The lowest BCUT2D eigenvalue weighted by Gasteiger charge is -2.18. The standard InChI is InChI=1S/C14H18ClNO/c1-11(17)2-3-12-8-9-16(10-12)14-6-4-13(15)5-7-14/h4-7,12H,2-3,8-10H2,1H3. The molecule has 0 bridgehead atoms. The minimum atomic E-state index is 0.301. The Kier molecular flexibility index (Phi) is 4.06. The summed E-state index contributed by atoms with van der Waals surface area (Å²) in [5.74, 6) is 0.963. The van der Waals surface area contributed by atoms with Crippen LogP contribution in [0.25, 0.3) is 0 Å². The summed E-state index contributed by atoms with van der Waals surface area (Å²) in [6.07, 6.45) is 2.94. The second kappa shape index (κ2) is 5.54. The lowest BCUT2D eigenvalue weighted by atomic mass is 10.0. The molecule has 0 spiro atoms. The van der Waals surface area contributed by atoms with Gasteiger partial charge in [-0.15, -0.1) is 0 Å². The van der Waals surface area contributed by atoms with Crippen molar-refractivity contribution in [3.8, 4) is 0 Å². The molecule has 1 aromatic rings. The molecule has 0 aliphatic carbocycles. The maximum atomic E-state index is 11.0. The van der Waals surface area contributed by atoms with Crippen LogP contribution >= 0.6 is 11.6 Å². The van der Waals surface area contributed by atoms with E-state index in [2.05, 4.69) is 17.0 Å². The third-order valence-corrected chi connectivity index (χ3v) is 3.63. The van der Waals surface area contributed by atoms with Gasteiger partial charge in [0, 0.05) is 30.2 Å². The van der Waals surface area contributed by atoms with Gasteiger partial charge in [-0.05, 0) is 49.9 Å². The van der Waals surface area contributed by atoms with E-state index in [9.17, 15) is 4.79 Å². The third-order valence-electron chi connectivity index (χ3n) is 3.38. The molecule has 3 heteroatoms. The smallest absolute Gasteiger partial charge is 0.129 e. The minimum Gasteiger partial charge on any atom is -0.371 e. The molecule has 1 saturated heterocycles. The van der Waals surface area contributed by atoms with Gasteiger partial charge in [-0.3, -0.25) is 0 Å². The molecule has 0 radical (unpaired) electrons. The summed E-state index contributed by atoms with van der Waals surface area (Å²) in [4.78, 5) is 13.3. The lowest BCUT2D eigenvalue weighted by molar-refractivity contribution is -0.117. The van der Waals surface area contributed by atoms with Crippen molar-refractivity contribution in [1.29, 1.82) is 0 Å². The van der Waals surface area contributed by atoms with E-state index in [0.717, 1.165) is 31.0 Å². The van der Waals surface area contributed by atoms with Crippen LogP contribution in [0.4, 0.5) is 5.69 Å². The van der Waals surface area contributed by atoms with E-state index in [1.807, 2.05) is 12.1 Å². The van der Waals surface area contributed by atoms with Crippen molar-refractivity contribution in [2.24, 2.45) is 5.92 Å². The number of carbonyl (C=O) groups is 1. The summed E-state index contributed by atoms with van der Waals surface area (Å²) in [7, 11) is 0. The van der Waals surface area contributed by atoms with Crippen LogP contribution in [0.1, 0.15) is 26.2 Å². The molecule has 1 heterocycles. The quantitative estimate of drug-likeness (QED) is 0.816. The number of benzene rings is 1. The molecule has 0 saturated carbocycles. The largest absolute Gasteiger partial charge is 0.371 e. The van der Waals surface area contributed by atoms with Crippen LogP contribution in [0.5, 0.6) is 0 Å². The number of hydrogen-bond acceptors (Lipinski definition) is 2. The van der Waals surface area contributed by atoms with Gasteiger partial charge in [0.25, 0.3) is 0 Å². The number of ketones is 1. The van der Waals surface area contributed by atoms with Crippen LogP contribution in [0.15, 0.2) is 24.3 Å². The summed E-state index contributed by atoms with van der Waals surface area (Å²) in [5.41, 5.74) is 1.24. The zero-order valence-corrected chi connectivity index (χ0v) is 10.9. The second-order valence-corrected chi connectivity index (χ2v) is 5.25. The maximum Gasteiger partial charge on any atom is 0.129 e. The van der Waals surface area contributed by atoms with Crippen molar-refractivity contribution in [2.75, 3.05) is 18.0 Å². The highest BCUT2D eigenvalue weighted by Crippen LogP contribution is 2.27. The number of Topliss-reactive ketones (excluding diaryl/α,β-unsaturated/α-hetero) is 1. The molecular formula is C14H18ClNO. The Hall–Kier alpha value is -1.02. The molecule has 0 amide bonds. The topological polar surface area (TPSA) is 20.3 Å². The lowest BCUT2D eigenvalue weighted by Crippen LogP contribution is -2.19. The van der Waals surface area contributed by atoms with Crippen molar-refractivity contribution in [1.82, 2.24) is 0 Å². The van der Waals surface area contributed by atoms with Crippen molar-refractivity contribution in [3.63, 3.8) is 0 Å². The first-order valence-electron chi connectivity index (χ1n) is 6.15. The van der Waals surface area contributed by atoms with Gasteiger partial charge in [-0.1, -0.05) is 11.6 Å². The minimum absolute atomic E-state index is 0.301. The number of anilines is 1. The van der Waals surface area contributed by atoms with E-state index < -0.39 is 0 Å². The van der Waals surface area contributed by atoms with Crippen LogP contribution in [0, 0.1) is 5.92 Å². The van der Waals surface area contributed by atoms with E-state index in [4.69, 9.17) is 11.6 Å². The fraction of sp³-hybridized carbons (Fsp3) is 0.500. The summed E-state index contributed by atoms with van der Waals surface area (Å²) >= 11 is 5.88. The normalized spacial score (nSPS) is 19.6. The Morgan fingerprint density at radius 2 is 2.12 bits per heavy atom. The van der Waals surface area contributed by atoms with E-state index in [0.29, 0.717) is 11.7 Å². The predicted octanol–water partition coefficient (Wildman–Crippen LogP) is 3.54. The zero-order chi connectivity index (χ0) is 12.3. The molecular weight excluding hydrogens is 234 g/mol. The first-order chi connectivity index (χ1) is 8.15. The summed E-state index contributed by atoms with van der Waals surface area (Å²) in [6, 6.07) is 7.99. The van der Waals surface area contributed by atoms with Crippen LogP contribution in [0.3, 0.4) is 0 Å². The molecule has 1 aliphatic rings. The Bertz CT molecular complexity index is 388. The van der Waals surface area contributed by atoms with Crippen LogP contribution in [0.2, 0.25) is 5.02 Å². The Morgan fingerprint density at radius 1 is 1.41 bits per heavy atom. The van der Waals surface area contributed by atoms with Crippen LogP contribution in [-0.2, 0) is 4.79 Å². The van der Waals surface area contributed by atoms with Crippen molar-refractivity contribution < 1.29 is 4.79 Å². The Morgan fingerprint density at radius 3 is 2.76 bits per heavy atom. The Balaban J connectivity index is 1.89. The molecule has 1 atom stereocenters. The van der Waals surface area contributed by atoms with Gasteiger partial charge in [0.1, 0.15) is 5.78 Å². The van der Waals surface area contributed by atoms with Gasteiger partial charge in [0.15, 0.2) is 0 Å². The van der Waals surface area contributed by atoms with E-state index in [1.165, 1.54) is 12.1 Å². The van der Waals surface area contributed by atoms with Gasteiger partial charge in [-0.2, -0.15) is 0 Å². The highest BCUT2D eigenvalue weighted by Gasteiger charge is 2.22. The first-order valence-corrected chi connectivity index (χ1v) is 6.53. The van der Waals surface area contributed by atoms with Gasteiger partial charge in [-0.25, -0.2) is 0 Å². The van der Waals surface area contributed by atoms with Crippen molar-refractivity contribution in [2.45, 2.75) is 26.2 Å². The van der Waals surface area contributed by atoms with Gasteiger partial charge in [0.2, 0.25) is 0 Å². The van der Waals surface area contributed by atoms with Gasteiger partial charge in [0.05, 0.1) is 0 Å². The molecule has 0 aromatic heterocycles. The highest BCUT2D eigenvalue weighted by atomic mass is 35.5. The third kappa shape index (κ3) is 3.47. The maximum absolute atomic E-state index is 11.0. The number of rotatable bonds is 4. The van der Waals surface area contributed by atoms with Gasteiger partial charge < -0.3 is 9.69 Å². The molecule has 2 nitrogen and oxygen atoms in total. The zero-order valence-electron chi connectivity index (χ0n) is 10.2. The van der Waals surface area contributed by atoms with E-state index in [-0.39, 0.29) is 0 Å². The molecule has 1 unspecified atom stereocenters. The summed E-state index contributed by atoms with van der Waals surface area (Å²) in [6.45, 7) is 3.82. The average molecular weight is 252 g/mol. The summed E-state index contributed by atoms with van der Waals surface area (Å²) in [5, 5.41) is 0.779. The van der Waals surface area contributed by atoms with Crippen LogP contribution in [-0.4, -0.2) is 18.9 Å². The number of carbonyl (C=O) groups excluding carboxylic acids is 1. The van der Waals surface area contributed by atoms with Crippen molar-refractivity contribution in [3.05, 3.63) is 29.3 Å². The molecule has 17 heavy (non-hydrogen) atoms. The molecule has 2 rings (SSSR count). The Labute approximate surface area is 108 Å². The second-order valence-electron chi connectivity index (χ2n) is 4.82. The number of nitrogens with zero attached hydrogens (tertiary/aromatic N) is 1. The molecule has 1 fully saturated rings. The van der Waals surface area contributed by atoms with E-state index in [1.54, 1.807) is 6.92 Å². The summed E-state index contributed by atoms with van der Waals surface area (Å²) < 4.78 is 0. The van der Waals surface area contributed by atoms with E-state index >= 15 is 0 Å². The van der Waals surface area contributed by atoms with Crippen molar-refractivity contribution >= 4 is 23.1 Å². The monoisotopic (exact) mass is 251 g/mol. The SMILES string of the molecule is CC(=O)CCC1CCN(c2ccc(Cl)cc2)C1. The predicted molar refractivity (Wildman–Crippen MR) is 71.7 cm³/mol. The van der Waals surface area contributed by atoms with Crippen LogP contribution < -0.4 is 4.90 Å². The fourth-order valence-corrected chi connectivity index (χ4v) is 2.49. The average Bonchev–Trinajstić information content (AvgIpc) is 2.76. The molecule has 92 valence electrons. The fourth-order valence-electron chi connectivity index (χ4n) is 2.36. The molecule has 1 aromatic carbocycles. The molecule has 1 aliphatic heterocycles. The molecule has 0 N–H and O–H groups in total. The number of hydrogen-bond donors (Lipinski definition) is 0. The number of halogens is 1. The first kappa shape index (κ1) is 12.4. The van der Waals surface area contributed by atoms with Gasteiger partial charge >= 0.3 is 0 Å².